The first-order valence-corrected chi connectivity index (χ1v) is 12.1. The number of nitrogens with one attached hydrogen (secondary N) is 1. The topological polar surface area (TPSA) is 256 Å². The average Bonchev–Trinajstić information content (AvgIpc) is 3.34. The van der Waals surface area contributed by atoms with E-state index in [2.05, 4.69) is 20.3 Å². The minimum absolute atomic E-state index is 0.0239. The van der Waals surface area contributed by atoms with Gasteiger partial charge in [-0.2, -0.15) is 0 Å². The largest absolute Gasteiger partial charge is 0.463 e. The maximum absolute atomic E-state index is 12.3. The molecule has 0 bridgehead atoms. The summed E-state index contributed by atoms with van der Waals surface area (Å²) in [5.41, 5.74) is 4.80. The molecule has 2 aromatic heterocycles. The van der Waals surface area contributed by atoms with Crippen molar-refractivity contribution in [3.63, 3.8) is 0 Å². The van der Waals surface area contributed by atoms with Crippen LogP contribution < -0.4 is 11.1 Å². The number of hydrogen-bond acceptors (Lipinski definition) is 16. The molecule has 222 valence electrons. The number of nitrogens with two attached hydrogens (primary N) is 1. The maximum atomic E-state index is 12.3. The standard InChI is InChI=1S/C23H24N8O11/c1-10(32)39-7-16-19(40-11(2)33)20(41-12(3)34)17(28-14-5-4-13(30(35)36)6-15(14)31(37)38)23(42-16)29-9-27-18-21(24)25-8-26-22(18)29/h4-6,8-9,16-17,19-20,23,28H,7H2,1-3H3,(H2,24,25,26)/t16-,17+,19-,20-,23-/m1/s1. The second-order valence-electron chi connectivity index (χ2n) is 8.98. The smallest absolute Gasteiger partial charge is 0.303 e. The molecule has 4 rings (SSSR count). The van der Waals surface area contributed by atoms with Crippen molar-refractivity contribution in [2.24, 2.45) is 0 Å². The van der Waals surface area contributed by atoms with Crippen molar-refractivity contribution in [1.29, 1.82) is 0 Å². The van der Waals surface area contributed by atoms with Crippen LogP contribution in [0.1, 0.15) is 27.0 Å². The zero-order chi connectivity index (χ0) is 30.7. The zero-order valence-corrected chi connectivity index (χ0v) is 22.2. The summed E-state index contributed by atoms with van der Waals surface area (Å²) in [6, 6.07) is 1.56. The highest BCUT2D eigenvalue weighted by molar-refractivity contribution is 5.81. The van der Waals surface area contributed by atoms with Crippen molar-refractivity contribution in [3.05, 3.63) is 51.1 Å². The van der Waals surface area contributed by atoms with Gasteiger partial charge in [-0.15, -0.1) is 0 Å². The Morgan fingerprint density at radius 3 is 2.33 bits per heavy atom. The quantitative estimate of drug-likeness (QED) is 0.153. The summed E-state index contributed by atoms with van der Waals surface area (Å²) in [5, 5.41) is 26.0. The number of carbonyl (C=O) groups excluding carboxylic acids is 3. The first kappa shape index (κ1) is 29.5. The Morgan fingerprint density at radius 1 is 1.02 bits per heavy atom. The monoisotopic (exact) mass is 588 g/mol. The number of nitro groups is 2. The van der Waals surface area contributed by atoms with Crippen LogP contribution in [0.2, 0.25) is 0 Å². The number of nitrogens with zero attached hydrogens (tertiary/aromatic N) is 6. The van der Waals surface area contributed by atoms with E-state index in [4.69, 9.17) is 24.7 Å². The number of hydrogen-bond donors (Lipinski definition) is 2. The van der Waals surface area contributed by atoms with E-state index in [1.54, 1.807) is 0 Å². The molecule has 0 saturated carbocycles. The van der Waals surface area contributed by atoms with Crippen LogP contribution in [-0.2, 0) is 33.3 Å². The molecule has 0 spiro atoms. The lowest BCUT2D eigenvalue weighted by Gasteiger charge is -2.45. The molecule has 3 N–H and O–H groups in total. The molecule has 19 heteroatoms. The van der Waals surface area contributed by atoms with Gasteiger partial charge in [-0.25, -0.2) is 15.0 Å². The van der Waals surface area contributed by atoms with Gasteiger partial charge in [0.2, 0.25) is 0 Å². The van der Waals surface area contributed by atoms with Crippen molar-refractivity contribution in [1.82, 2.24) is 19.5 Å². The van der Waals surface area contributed by atoms with Gasteiger partial charge in [0.15, 0.2) is 29.9 Å². The van der Waals surface area contributed by atoms with Crippen LogP contribution in [0.5, 0.6) is 0 Å². The van der Waals surface area contributed by atoms with Crippen molar-refractivity contribution in [2.45, 2.75) is 51.4 Å². The van der Waals surface area contributed by atoms with E-state index in [9.17, 15) is 34.6 Å². The van der Waals surface area contributed by atoms with Crippen LogP contribution in [0.15, 0.2) is 30.9 Å². The SMILES string of the molecule is CC(=O)OC[C@H]1O[C@@H](n2cnc3c(N)ncnc32)[C@@H](Nc2ccc([N+](=O)[O-])cc2[N+](=O)[O-])[C@@H](OC(C)=O)[C@@H]1OC(C)=O. The van der Waals surface area contributed by atoms with Gasteiger partial charge in [0.25, 0.3) is 11.4 Å². The molecule has 3 aromatic rings. The van der Waals surface area contributed by atoms with Gasteiger partial charge < -0.3 is 30.0 Å². The first-order valence-electron chi connectivity index (χ1n) is 12.1. The van der Waals surface area contributed by atoms with Crippen molar-refractivity contribution in [3.8, 4) is 0 Å². The Hall–Kier alpha value is -5.46. The number of nitro benzene ring substituents is 2. The van der Waals surface area contributed by atoms with E-state index in [1.807, 2.05) is 0 Å². The van der Waals surface area contributed by atoms with Gasteiger partial charge in [0.05, 0.1) is 22.2 Å². The number of anilines is 2. The van der Waals surface area contributed by atoms with Gasteiger partial charge in [-0.05, 0) is 6.07 Å². The van der Waals surface area contributed by atoms with Gasteiger partial charge in [-0.3, -0.25) is 39.2 Å². The second kappa shape index (κ2) is 12.0. The molecule has 42 heavy (non-hydrogen) atoms. The van der Waals surface area contributed by atoms with Gasteiger partial charge in [-0.1, -0.05) is 0 Å². The summed E-state index contributed by atoms with van der Waals surface area (Å²) < 4.78 is 23.8. The van der Waals surface area contributed by atoms with E-state index >= 15 is 0 Å². The Balaban J connectivity index is 1.91. The predicted octanol–water partition coefficient (Wildman–Crippen LogP) is 1.03. The summed E-state index contributed by atoms with van der Waals surface area (Å²) in [6.07, 6.45) is -2.92. The number of non-ortho nitro benzene ring substituents is 1. The number of carbonyl (C=O) groups is 3. The molecule has 19 nitrogen and oxygen atoms in total. The number of nitrogen functional groups attached to an aromatic ring is 1. The predicted molar refractivity (Wildman–Crippen MR) is 139 cm³/mol. The molecule has 0 unspecified atom stereocenters. The number of rotatable bonds is 9. The number of esters is 3. The van der Waals surface area contributed by atoms with Crippen molar-refractivity contribution >= 4 is 52.0 Å². The molecule has 0 radical (unpaired) electrons. The summed E-state index contributed by atoms with van der Waals surface area (Å²) in [5.74, 6) is -2.29. The molecular weight excluding hydrogens is 564 g/mol. The molecule has 1 aliphatic heterocycles. The third kappa shape index (κ3) is 6.14. The van der Waals surface area contributed by atoms with E-state index < -0.39 is 76.3 Å². The highest BCUT2D eigenvalue weighted by Gasteiger charge is 2.52. The summed E-state index contributed by atoms with van der Waals surface area (Å²) in [7, 11) is 0. The molecule has 1 aliphatic rings. The Labute approximate surface area is 235 Å². The summed E-state index contributed by atoms with van der Waals surface area (Å²) >= 11 is 0. The number of fused-ring (bicyclic) bond motifs is 1. The van der Waals surface area contributed by atoms with E-state index in [0.717, 1.165) is 45.3 Å². The van der Waals surface area contributed by atoms with E-state index in [1.165, 1.54) is 10.9 Å². The highest BCUT2D eigenvalue weighted by atomic mass is 16.6. The van der Waals surface area contributed by atoms with Gasteiger partial charge >= 0.3 is 17.9 Å². The Kier molecular flexibility index (Phi) is 8.41. The zero-order valence-electron chi connectivity index (χ0n) is 22.2. The average molecular weight is 588 g/mol. The fourth-order valence-electron chi connectivity index (χ4n) is 4.45. The van der Waals surface area contributed by atoms with E-state index in [0.29, 0.717) is 0 Å². The third-order valence-corrected chi connectivity index (χ3v) is 6.09. The molecule has 5 atom stereocenters. The van der Waals surface area contributed by atoms with Crippen LogP contribution in [-0.4, -0.2) is 78.2 Å². The fourth-order valence-corrected chi connectivity index (χ4v) is 4.45. The first-order chi connectivity index (χ1) is 19.9. The van der Waals surface area contributed by atoms with Crippen LogP contribution in [0.3, 0.4) is 0 Å². The lowest BCUT2D eigenvalue weighted by atomic mass is 9.94. The second-order valence-corrected chi connectivity index (χ2v) is 8.98. The number of ether oxygens (including phenoxy) is 4. The maximum Gasteiger partial charge on any atom is 0.303 e. The third-order valence-electron chi connectivity index (χ3n) is 6.09. The highest BCUT2D eigenvalue weighted by Crippen LogP contribution is 2.38. The van der Waals surface area contributed by atoms with Crippen molar-refractivity contribution < 1.29 is 43.2 Å². The normalized spacial score (nSPS) is 21.7. The molecule has 1 fully saturated rings. The van der Waals surface area contributed by atoms with Crippen LogP contribution in [0, 0.1) is 20.2 Å². The molecule has 1 aromatic carbocycles. The van der Waals surface area contributed by atoms with Crippen LogP contribution in [0.25, 0.3) is 11.2 Å². The lowest BCUT2D eigenvalue weighted by molar-refractivity contribution is -0.393. The lowest BCUT2D eigenvalue weighted by Crippen LogP contribution is -2.61. The minimum Gasteiger partial charge on any atom is -0.463 e. The van der Waals surface area contributed by atoms with Gasteiger partial charge in [0.1, 0.15) is 36.3 Å². The minimum atomic E-state index is -1.43. The fraction of sp³-hybridized carbons (Fsp3) is 0.391. The van der Waals surface area contributed by atoms with E-state index in [-0.39, 0.29) is 22.7 Å². The van der Waals surface area contributed by atoms with Crippen LogP contribution in [0.4, 0.5) is 22.9 Å². The van der Waals surface area contributed by atoms with Crippen molar-refractivity contribution in [2.75, 3.05) is 17.7 Å². The molecule has 0 amide bonds. The van der Waals surface area contributed by atoms with Gasteiger partial charge in [0, 0.05) is 26.8 Å². The Bertz CT molecular complexity index is 1560. The summed E-state index contributed by atoms with van der Waals surface area (Å²) in [4.78, 5) is 69.9. The molecule has 3 heterocycles. The number of aromatic nitrogens is 4. The number of imidazole rings is 1. The Morgan fingerprint density at radius 2 is 1.71 bits per heavy atom. The number of benzene rings is 1. The van der Waals surface area contributed by atoms with Crippen LogP contribution >= 0.6 is 0 Å². The summed E-state index contributed by atoms with van der Waals surface area (Å²) in [6.45, 7) is 2.87. The molecule has 0 aliphatic carbocycles. The molecule has 1 saturated heterocycles. The molecular formula is C23H24N8O11.